The summed E-state index contributed by atoms with van der Waals surface area (Å²) in [6.45, 7) is 3.60. The lowest BCUT2D eigenvalue weighted by molar-refractivity contribution is -0.0356. The Morgan fingerprint density at radius 2 is 2.29 bits per heavy atom. The van der Waals surface area contributed by atoms with E-state index in [4.69, 9.17) is 4.74 Å². The van der Waals surface area contributed by atoms with E-state index in [0.717, 1.165) is 50.6 Å². The van der Waals surface area contributed by atoms with Gasteiger partial charge in [-0.2, -0.15) is 0 Å². The Morgan fingerprint density at radius 1 is 1.33 bits per heavy atom. The molecule has 1 fully saturated rings. The highest BCUT2D eigenvalue weighted by atomic mass is 16.5. The van der Waals surface area contributed by atoms with Crippen molar-refractivity contribution < 1.29 is 4.74 Å². The predicted octanol–water partition coefficient (Wildman–Crippen LogP) is 1.04. The second-order valence-corrected chi connectivity index (χ2v) is 5.42. The van der Waals surface area contributed by atoms with Gasteiger partial charge in [0, 0.05) is 44.4 Å². The van der Waals surface area contributed by atoms with Crippen molar-refractivity contribution in [2.24, 2.45) is 7.05 Å². The van der Waals surface area contributed by atoms with Crippen LogP contribution in [0.4, 0.5) is 0 Å². The fourth-order valence-corrected chi connectivity index (χ4v) is 2.62. The maximum Gasteiger partial charge on any atom is 0.122 e. The molecule has 0 saturated carbocycles. The molecular weight excluding hydrogens is 266 g/mol. The minimum Gasteiger partial charge on any atom is -0.376 e. The predicted molar refractivity (Wildman–Crippen MR) is 78.6 cm³/mol. The van der Waals surface area contributed by atoms with Crippen LogP contribution in [0.3, 0.4) is 0 Å². The van der Waals surface area contributed by atoms with Crippen LogP contribution in [0.5, 0.6) is 0 Å². The fraction of sp³-hybridized carbons (Fsp3) is 0.533. The average molecular weight is 287 g/mol. The Bertz CT molecular complexity index is 556. The van der Waals surface area contributed by atoms with Crippen molar-refractivity contribution in [1.82, 2.24) is 24.4 Å². The minimum absolute atomic E-state index is 0.272. The number of hydrogen-bond donors (Lipinski definition) is 0. The number of ether oxygens (including phenoxy) is 1. The zero-order chi connectivity index (χ0) is 14.5. The van der Waals surface area contributed by atoms with Crippen LogP contribution in [0.1, 0.15) is 17.9 Å². The molecule has 3 rings (SSSR count). The Balaban J connectivity index is 1.50. The third kappa shape index (κ3) is 3.86. The van der Waals surface area contributed by atoms with Gasteiger partial charge in [-0.3, -0.25) is 4.90 Å². The van der Waals surface area contributed by atoms with Crippen LogP contribution in [0.15, 0.2) is 31.0 Å². The lowest BCUT2D eigenvalue weighted by Gasteiger charge is -2.32. The van der Waals surface area contributed by atoms with E-state index in [0.29, 0.717) is 0 Å². The molecule has 112 valence electrons. The maximum absolute atomic E-state index is 5.87. The van der Waals surface area contributed by atoms with Gasteiger partial charge in [-0.25, -0.2) is 15.0 Å². The molecule has 0 radical (unpaired) electrons. The van der Waals surface area contributed by atoms with Crippen molar-refractivity contribution in [3.8, 4) is 0 Å². The van der Waals surface area contributed by atoms with Gasteiger partial charge in [0.2, 0.25) is 0 Å². The van der Waals surface area contributed by atoms with Gasteiger partial charge in [-0.05, 0) is 18.9 Å². The van der Waals surface area contributed by atoms with Crippen LogP contribution in [0, 0.1) is 0 Å². The van der Waals surface area contributed by atoms with Crippen molar-refractivity contribution in [3.05, 3.63) is 42.5 Å². The molecule has 3 heterocycles. The highest BCUT2D eigenvalue weighted by Gasteiger charge is 2.21. The first-order chi connectivity index (χ1) is 10.3. The highest BCUT2D eigenvalue weighted by molar-refractivity contribution is 4.98. The summed E-state index contributed by atoms with van der Waals surface area (Å²) in [7, 11) is 2.04. The van der Waals surface area contributed by atoms with Crippen LogP contribution in [-0.2, 0) is 24.8 Å². The smallest absolute Gasteiger partial charge is 0.122 e. The summed E-state index contributed by atoms with van der Waals surface area (Å²) < 4.78 is 7.94. The summed E-state index contributed by atoms with van der Waals surface area (Å²) in [5.74, 6) is 1.10. The quantitative estimate of drug-likeness (QED) is 0.822. The monoisotopic (exact) mass is 287 g/mol. The SMILES string of the molecule is Cn1ccnc1CN1CCOC(CCc2ccncn2)C1. The topological polar surface area (TPSA) is 56.1 Å². The second-order valence-electron chi connectivity index (χ2n) is 5.42. The van der Waals surface area contributed by atoms with Gasteiger partial charge in [-0.1, -0.05) is 0 Å². The van der Waals surface area contributed by atoms with E-state index >= 15 is 0 Å². The number of hydrogen-bond acceptors (Lipinski definition) is 5. The van der Waals surface area contributed by atoms with Crippen LogP contribution in [0.25, 0.3) is 0 Å². The molecule has 1 atom stereocenters. The normalized spacial score (nSPS) is 19.8. The van der Waals surface area contributed by atoms with Crippen molar-refractivity contribution in [1.29, 1.82) is 0 Å². The summed E-state index contributed by atoms with van der Waals surface area (Å²) in [4.78, 5) is 15.0. The van der Waals surface area contributed by atoms with Crippen LogP contribution < -0.4 is 0 Å². The van der Waals surface area contributed by atoms with Gasteiger partial charge in [0.15, 0.2) is 0 Å². The lowest BCUT2D eigenvalue weighted by Crippen LogP contribution is -2.42. The summed E-state index contributed by atoms with van der Waals surface area (Å²) in [5.41, 5.74) is 1.08. The zero-order valence-corrected chi connectivity index (χ0v) is 12.4. The van der Waals surface area contributed by atoms with Gasteiger partial charge >= 0.3 is 0 Å². The van der Waals surface area contributed by atoms with E-state index in [2.05, 4.69) is 24.4 Å². The third-order valence-electron chi connectivity index (χ3n) is 3.87. The number of morpholine rings is 1. The molecule has 1 aliphatic heterocycles. The molecule has 6 heteroatoms. The van der Waals surface area contributed by atoms with Crippen LogP contribution >= 0.6 is 0 Å². The molecule has 0 aromatic carbocycles. The summed E-state index contributed by atoms with van der Waals surface area (Å²) >= 11 is 0. The number of imidazole rings is 1. The Morgan fingerprint density at radius 3 is 3.05 bits per heavy atom. The standard InChI is InChI=1S/C15H21N5O/c1-19-7-6-17-15(19)11-20-8-9-21-14(10-20)3-2-13-4-5-16-12-18-13/h4-7,12,14H,2-3,8-11H2,1H3. The van der Waals surface area contributed by atoms with Crippen molar-refractivity contribution >= 4 is 0 Å². The lowest BCUT2D eigenvalue weighted by atomic mass is 10.1. The fourth-order valence-electron chi connectivity index (χ4n) is 2.62. The van der Waals surface area contributed by atoms with Crippen molar-refractivity contribution in [2.45, 2.75) is 25.5 Å². The number of aromatic nitrogens is 4. The molecule has 1 unspecified atom stereocenters. The molecule has 1 aliphatic rings. The molecule has 0 aliphatic carbocycles. The van der Waals surface area contributed by atoms with Crippen molar-refractivity contribution in [2.75, 3.05) is 19.7 Å². The molecule has 21 heavy (non-hydrogen) atoms. The molecular formula is C15H21N5O. The zero-order valence-electron chi connectivity index (χ0n) is 12.4. The first kappa shape index (κ1) is 14.2. The summed E-state index contributed by atoms with van der Waals surface area (Å²) in [6, 6.07) is 1.97. The highest BCUT2D eigenvalue weighted by Crippen LogP contribution is 2.13. The number of aryl methyl sites for hydroxylation is 2. The third-order valence-corrected chi connectivity index (χ3v) is 3.87. The van der Waals surface area contributed by atoms with Crippen molar-refractivity contribution in [3.63, 3.8) is 0 Å². The molecule has 0 spiro atoms. The minimum atomic E-state index is 0.272. The van der Waals surface area contributed by atoms with E-state index in [-0.39, 0.29) is 6.10 Å². The van der Waals surface area contributed by atoms with E-state index in [9.17, 15) is 0 Å². The van der Waals surface area contributed by atoms with E-state index in [1.807, 2.05) is 25.5 Å². The second kappa shape index (κ2) is 6.78. The van der Waals surface area contributed by atoms with E-state index in [1.54, 1.807) is 12.5 Å². The van der Waals surface area contributed by atoms with E-state index in [1.165, 1.54) is 0 Å². The molecule has 6 nitrogen and oxygen atoms in total. The average Bonchev–Trinajstić information content (AvgIpc) is 2.92. The summed E-state index contributed by atoms with van der Waals surface area (Å²) in [5, 5.41) is 0. The van der Waals surface area contributed by atoms with Gasteiger partial charge < -0.3 is 9.30 Å². The molecule has 2 aromatic heterocycles. The first-order valence-electron chi connectivity index (χ1n) is 7.36. The first-order valence-corrected chi connectivity index (χ1v) is 7.36. The van der Waals surface area contributed by atoms with Gasteiger partial charge in [-0.15, -0.1) is 0 Å². The van der Waals surface area contributed by atoms with Crippen LogP contribution in [-0.4, -0.2) is 50.2 Å². The van der Waals surface area contributed by atoms with Gasteiger partial charge in [0.1, 0.15) is 12.2 Å². The Labute approximate surface area is 124 Å². The molecule has 0 bridgehead atoms. The number of rotatable bonds is 5. The van der Waals surface area contributed by atoms with Gasteiger partial charge in [0.05, 0.1) is 19.3 Å². The molecule has 2 aromatic rings. The Kier molecular flexibility index (Phi) is 4.57. The largest absolute Gasteiger partial charge is 0.376 e. The molecule has 1 saturated heterocycles. The Hall–Kier alpha value is -1.79. The maximum atomic E-state index is 5.87. The molecule has 0 N–H and O–H groups in total. The van der Waals surface area contributed by atoms with Crippen LogP contribution in [0.2, 0.25) is 0 Å². The van der Waals surface area contributed by atoms with E-state index < -0.39 is 0 Å². The summed E-state index contributed by atoms with van der Waals surface area (Å²) in [6.07, 6.45) is 9.43. The molecule has 0 amide bonds. The number of nitrogens with zero attached hydrogens (tertiary/aromatic N) is 5. The van der Waals surface area contributed by atoms with Gasteiger partial charge in [0.25, 0.3) is 0 Å².